The van der Waals surface area contributed by atoms with E-state index in [-0.39, 0.29) is 17.8 Å². The van der Waals surface area contributed by atoms with E-state index in [9.17, 15) is 9.18 Å². The Labute approximate surface area is 149 Å². The number of rotatable bonds is 6. The molecule has 0 aliphatic heterocycles. The third-order valence-electron chi connectivity index (χ3n) is 3.23. The highest BCUT2D eigenvalue weighted by Gasteiger charge is 2.10. The summed E-state index contributed by atoms with van der Waals surface area (Å²) in [6.45, 7) is 1.87. The van der Waals surface area contributed by atoms with Gasteiger partial charge in [0, 0.05) is 5.75 Å². The number of halogens is 3. The van der Waals surface area contributed by atoms with E-state index in [0.717, 1.165) is 11.1 Å². The Morgan fingerprint density at radius 2 is 1.87 bits per heavy atom. The molecule has 2 aromatic carbocycles. The molecule has 0 bridgehead atoms. The van der Waals surface area contributed by atoms with E-state index >= 15 is 0 Å². The van der Waals surface area contributed by atoms with Crippen LogP contribution in [0.25, 0.3) is 0 Å². The molecule has 0 unspecified atom stereocenters. The highest BCUT2D eigenvalue weighted by molar-refractivity contribution is 7.99. The predicted molar refractivity (Wildman–Crippen MR) is 95.6 cm³/mol. The second kappa shape index (κ2) is 8.57. The maximum absolute atomic E-state index is 12.9. The van der Waals surface area contributed by atoms with Crippen LogP contribution in [0, 0.1) is 5.82 Å². The van der Waals surface area contributed by atoms with E-state index < -0.39 is 0 Å². The summed E-state index contributed by atoms with van der Waals surface area (Å²) in [6, 6.07) is 11.4. The van der Waals surface area contributed by atoms with Crippen LogP contribution in [0.3, 0.4) is 0 Å². The Morgan fingerprint density at radius 1 is 1.17 bits per heavy atom. The van der Waals surface area contributed by atoms with Gasteiger partial charge in [0.25, 0.3) is 0 Å². The molecular formula is C17H16Cl2FNOS. The van der Waals surface area contributed by atoms with Gasteiger partial charge in [0.1, 0.15) is 5.82 Å². The number of carbonyl (C=O) groups is 1. The van der Waals surface area contributed by atoms with E-state index in [1.54, 1.807) is 24.3 Å². The summed E-state index contributed by atoms with van der Waals surface area (Å²) in [5.41, 5.74) is 1.89. The smallest absolute Gasteiger partial charge is 0.230 e. The minimum atomic E-state index is -0.288. The molecule has 23 heavy (non-hydrogen) atoms. The Kier molecular flexibility index (Phi) is 6.75. The van der Waals surface area contributed by atoms with Gasteiger partial charge in [0.05, 0.1) is 21.8 Å². The molecule has 2 rings (SSSR count). The highest BCUT2D eigenvalue weighted by Crippen LogP contribution is 2.24. The largest absolute Gasteiger partial charge is 0.349 e. The number of carbonyl (C=O) groups excluding carboxylic acids is 1. The van der Waals surface area contributed by atoms with Crippen molar-refractivity contribution in [1.29, 1.82) is 0 Å². The van der Waals surface area contributed by atoms with Crippen LogP contribution in [-0.2, 0) is 10.5 Å². The quantitative estimate of drug-likeness (QED) is 0.751. The number of benzene rings is 2. The summed E-state index contributed by atoms with van der Waals surface area (Å²) in [5, 5.41) is 3.93. The molecule has 0 radical (unpaired) electrons. The van der Waals surface area contributed by atoms with Crippen LogP contribution in [0.1, 0.15) is 24.1 Å². The summed E-state index contributed by atoms with van der Waals surface area (Å²) in [7, 11) is 0. The Balaban J connectivity index is 1.78. The van der Waals surface area contributed by atoms with Gasteiger partial charge in [0.15, 0.2) is 0 Å². The minimum Gasteiger partial charge on any atom is -0.349 e. The fourth-order valence-electron chi connectivity index (χ4n) is 2.01. The second-order valence-electron chi connectivity index (χ2n) is 5.08. The van der Waals surface area contributed by atoms with E-state index in [2.05, 4.69) is 5.32 Å². The van der Waals surface area contributed by atoms with Gasteiger partial charge in [-0.25, -0.2) is 4.39 Å². The Morgan fingerprint density at radius 3 is 2.52 bits per heavy atom. The van der Waals surface area contributed by atoms with Gasteiger partial charge in [-0.1, -0.05) is 41.4 Å². The van der Waals surface area contributed by atoms with Crippen molar-refractivity contribution in [1.82, 2.24) is 5.32 Å². The van der Waals surface area contributed by atoms with Gasteiger partial charge in [-0.15, -0.1) is 11.8 Å². The van der Waals surface area contributed by atoms with Crippen molar-refractivity contribution in [2.75, 3.05) is 5.75 Å². The summed E-state index contributed by atoms with van der Waals surface area (Å²) in [6.07, 6.45) is 0. The lowest BCUT2D eigenvalue weighted by molar-refractivity contribution is -0.119. The summed E-state index contributed by atoms with van der Waals surface area (Å²) in [5.74, 6) is 0.664. The first-order valence-corrected chi connectivity index (χ1v) is 8.93. The number of hydrogen-bond donors (Lipinski definition) is 1. The maximum Gasteiger partial charge on any atom is 0.230 e. The third-order valence-corrected chi connectivity index (χ3v) is 4.98. The lowest BCUT2D eigenvalue weighted by atomic mass is 10.1. The molecule has 0 fully saturated rings. The number of nitrogens with one attached hydrogen (secondary N) is 1. The van der Waals surface area contributed by atoms with E-state index in [1.165, 1.54) is 23.9 Å². The fourth-order valence-corrected chi connectivity index (χ4v) is 3.12. The Bertz CT molecular complexity index is 679. The van der Waals surface area contributed by atoms with Crippen molar-refractivity contribution >= 4 is 40.9 Å². The van der Waals surface area contributed by atoms with Crippen LogP contribution in [-0.4, -0.2) is 11.7 Å². The van der Waals surface area contributed by atoms with E-state index in [0.29, 0.717) is 21.6 Å². The third kappa shape index (κ3) is 5.72. The molecule has 1 atom stereocenters. The molecule has 6 heteroatoms. The van der Waals surface area contributed by atoms with Gasteiger partial charge in [0.2, 0.25) is 5.91 Å². The SMILES string of the molecule is C[C@@H](NC(=O)CSCc1ccc(Cl)c(Cl)c1)c1ccc(F)cc1. The van der Waals surface area contributed by atoms with Gasteiger partial charge in [-0.05, 0) is 42.3 Å². The first-order chi connectivity index (χ1) is 11.0. The average Bonchev–Trinajstić information content (AvgIpc) is 2.51. The van der Waals surface area contributed by atoms with Crippen LogP contribution in [0.15, 0.2) is 42.5 Å². The van der Waals surface area contributed by atoms with Gasteiger partial charge in [-0.3, -0.25) is 4.79 Å². The van der Waals surface area contributed by atoms with Crippen LogP contribution >= 0.6 is 35.0 Å². The average molecular weight is 372 g/mol. The molecule has 0 saturated carbocycles. The topological polar surface area (TPSA) is 29.1 Å². The first-order valence-electron chi connectivity index (χ1n) is 7.02. The molecule has 0 heterocycles. The fraction of sp³-hybridized carbons (Fsp3) is 0.235. The van der Waals surface area contributed by atoms with Crippen molar-refractivity contribution in [3.8, 4) is 0 Å². The highest BCUT2D eigenvalue weighted by atomic mass is 35.5. The standard InChI is InChI=1S/C17H16Cl2FNOS/c1-11(13-3-5-14(20)6-4-13)21-17(22)10-23-9-12-2-7-15(18)16(19)8-12/h2-8,11H,9-10H2,1H3,(H,21,22)/t11-/m1/s1. The second-order valence-corrected chi connectivity index (χ2v) is 6.88. The molecule has 0 aliphatic carbocycles. The normalized spacial score (nSPS) is 12.0. The van der Waals surface area contributed by atoms with Gasteiger partial charge < -0.3 is 5.32 Å². The first kappa shape index (κ1) is 18.1. The van der Waals surface area contributed by atoms with Crippen molar-refractivity contribution < 1.29 is 9.18 Å². The molecule has 0 spiro atoms. The maximum atomic E-state index is 12.9. The van der Waals surface area contributed by atoms with Crippen LogP contribution in [0.4, 0.5) is 4.39 Å². The molecule has 0 aliphatic rings. The zero-order chi connectivity index (χ0) is 16.8. The lowest BCUT2D eigenvalue weighted by Gasteiger charge is -2.14. The molecule has 2 aromatic rings. The van der Waals surface area contributed by atoms with Gasteiger partial charge >= 0.3 is 0 Å². The molecule has 2 nitrogen and oxygen atoms in total. The van der Waals surface area contributed by atoms with Crippen molar-refractivity contribution in [2.24, 2.45) is 0 Å². The Hall–Kier alpha value is -1.23. The molecule has 0 saturated heterocycles. The van der Waals surface area contributed by atoms with Crippen molar-refractivity contribution in [3.05, 3.63) is 69.5 Å². The minimum absolute atomic E-state index is 0.0631. The zero-order valence-corrected chi connectivity index (χ0v) is 14.8. The molecule has 1 amide bonds. The van der Waals surface area contributed by atoms with Crippen LogP contribution in [0.2, 0.25) is 10.0 Å². The summed E-state index contributed by atoms with van der Waals surface area (Å²) < 4.78 is 12.9. The molecule has 0 aromatic heterocycles. The summed E-state index contributed by atoms with van der Waals surface area (Å²) >= 11 is 13.3. The van der Waals surface area contributed by atoms with Crippen molar-refractivity contribution in [3.63, 3.8) is 0 Å². The number of thioether (sulfide) groups is 1. The number of hydrogen-bond acceptors (Lipinski definition) is 2. The predicted octanol–water partition coefficient (Wildman–Crippen LogP) is 5.24. The molecule has 122 valence electrons. The van der Waals surface area contributed by atoms with E-state index in [4.69, 9.17) is 23.2 Å². The monoisotopic (exact) mass is 371 g/mol. The van der Waals surface area contributed by atoms with Crippen LogP contribution in [0.5, 0.6) is 0 Å². The van der Waals surface area contributed by atoms with E-state index in [1.807, 2.05) is 13.0 Å². The van der Waals surface area contributed by atoms with Crippen molar-refractivity contribution in [2.45, 2.75) is 18.7 Å². The van der Waals surface area contributed by atoms with Crippen LogP contribution < -0.4 is 5.32 Å². The zero-order valence-electron chi connectivity index (χ0n) is 12.5. The summed E-state index contributed by atoms with van der Waals surface area (Å²) in [4.78, 5) is 12.0. The number of amides is 1. The molecular weight excluding hydrogens is 356 g/mol. The molecule has 1 N–H and O–H groups in total. The lowest BCUT2D eigenvalue weighted by Crippen LogP contribution is -2.28. The van der Waals surface area contributed by atoms with Gasteiger partial charge in [-0.2, -0.15) is 0 Å².